The maximum atomic E-state index is 11.1. The average Bonchev–Trinajstić information content (AvgIpc) is 2.18. The van der Waals surface area contributed by atoms with Gasteiger partial charge in [-0.1, -0.05) is 65.3 Å². The molecule has 1 nitrogen and oxygen atoms in total. The van der Waals surface area contributed by atoms with Crippen LogP contribution in [-0.4, -0.2) is 0 Å². The van der Waals surface area contributed by atoms with Gasteiger partial charge < -0.3 is 5.11 Å². The van der Waals surface area contributed by atoms with E-state index < -0.39 is 0 Å². The molecular formula is C14H21O-. The van der Waals surface area contributed by atoms with Crippen molar-refractivity contribution in [3.8, 4) is 5.75 Å². The normalized spacial score (nSPS) is 12.9. The molecule has 0 unspecified atom stereocenters. The van der Waals surface area contributed by atoms with E-state index in [4.69, 9.17) is 0 Å². The van der Waals surface area contributed by atoms with E-state index in [9.17, 15) is 5.11 Å². The van der Waals surface area contributed by atoms with Crippen LogP contribution in [0.1, 0.15) is 46.6 Å². The Bertz CT molecular complexity index is 320. The molecule has 0 radical (unpaired) electrons. The van der Waals surface area contributed by atoms with E-state index in [2.05, 4.69) is 34.6 Å². The summed E-state index contributed by atoms with van der Waals surface area (Å²) in [4.78, 5) is 0. The molecule has 0 atom stereocenters. The van der Waals surface area contributed by atoms with Gasteiger partial charge in [0.1, 0.15) is 0 Å². The minimum absolute atomic E-state index is 0.0869. The zero-order valence-electron chi connectivity index (χ0n) is 10.4. The molecule has 0 aliphatic rings. The van der Waals surface area contributed by atoms with Gasteiger partial charge in [0.25, 0.3) is 0 Å². The Morgan fingerprint density at radius 1 is 1.00 bits per heavy atom. The molecular weight excluding hydrogens is 184 g/mol. The van der Waals surface area contributed by atoms with Crippen LogP contribution in [0.4, 0.5) is 0 Å². The molecule has 15 heavy (non-hydrogen) atoms. The van der Waals surface area contributed by atoms with Crippen LogP contribution in [0.5, 0.6) is 5.75 Å². The second kappa shape index (κ2) is 3.88. The Hall–Kier alpha value is -0.980. The fourth-order valence-corrected chi connectivity index (χ4v) is 1.70. The van der Waals surface area contributed by atoms with Crippen molar-refractivity contribution in [3.05, 3.63) is 29.8 Å². The molecule has 0 spiro atoms. The van der Waals surface area contributed by atoms with Gasteiger partial charge in [0.15, 0.2) is 0 Å². The summed E-state index contributed by atoms with van der Waals surface area (Å²) in [7, 11) is 0. The highest BCUT2D eigenvalue weighted by molar-refractivity contribution is 5.31. The lowest BCUT2D eigenvalue weighted by molar-refractivity contribution is -0.268. The van der Waals surface area contributed by atoms with Crippen molar-refractivity contribution in [3.63, 3.8) is 0 Å². The maximum absolute atomic E-state index is 11.1. The largest absolute Gasteiger partial charge is 0.872 e. The van der Waals surface area contributed by atoms with E-state index in [0.717, 1.165) is 6.42 Å². The van der Waals surface area contributed by atoms with Gasteiger partial charge in [-0.2, -0.15) is 0 Å². The molecule has 0 aliphatic heterocycles. The van der Waals surface area contributed by atoms with Crippen molar-refractivity contribution in [2.24, 2.45) is 5.41 Å². The Morgan fingerprint density at radius 3 is 1.87 bits per heavy atom. The van der Waals surface area contributed by atoms with Crippen LogP contribution in [0.25, 0.3) is 0 Å². The first-order chi connectivity index (χ1) is 6.81. The molecule has 1 heteroatoms. The standard InChI is InChI=1S/C14H22O/c1-6-13(2,3)14(4,5)11-7-9-12(15)10-8-11/h7-10,15H,6H2,1-5H3/p-1. The van der Waals surface area contributed by atoms with Crippen molar-refractivity contribution in [2.75, 3.05) is 0 Å². The first-order valence-corrected chi connectivity index (χ1v) is 5.59. The zero-order valence-corrected chi connectivity index (χ0v) is 10.4. The summed E-state index contributed by atoms with van der Waals surface area (Å²) >= 11 is 0. The summed E-state index contributed by atoms with van der Waals surface area (Å²) in [5, 5.41) is 11.1. The molecule has 0 fully saturated rings. The molecule has 1 aromatic rings. The summed E-state index contributed by atoms with van der Waals surface area (Å²) in [5.41, 5.74) is 1.57. The van der Waals surface area contributed by atoms with E-state index in [-0.39, 0.29) is 16.6 Å². The summed E-state index contributed by atoms with van der Waals surface area (Å²) in [6.45, 7) is 11.3. The second-order valence-electron chi connectivity index (χ2n) is 5.39. The molecule has 84 valence electrons. The highest BCUT2D eigenvalue weighted by Gasteiger charge is 2.36. The van der Waals surface area contributed by atoms with Crippen molar-refractivity contribution < 1.29 is 5.11 Å². The van der Waals surface area contributed by atoms with E-state index >= 15 is 0 Å². The third kappa shape index (κ3) is 2.17. The topological polar surface area (TPSA) is 23.1 Å². The van der Waals surface area contributed by atoms with Gasteiger partial charge in [-0.05, 0) is 16.4 Å². The smallest absolute Gasteiger partial charge is 0.00525 e. The molecule has 0 amide bonds. The number of hydrogen-bond donors (Lipinski definition) is 0. The highest BCUT2D eigenvalue weighted by Crippen LogP contribution is 2.43. The van der Waals surface area contributed by atoms with Crippen LogP contribution >= 0.6 is 0 Å². The van der Waals surface area contributed by atoms with E-state index in [0.29, 0.717) is 0 Å². The van der Waals surface area contributed by atoms with Crippen LogP contribution < -0.4 is 5.11 Å². The van der Waals surface area contributed by atoms with Crippen molar-refractivity contribution in [1.29, 1.82) is 0 Å². The first kappa shape index (κ1) is 12.1. The maximum Gasteiger partial charge on any atom is -0.00525 e. The highest BCUT2D eigenvalue weighted by atomic mass is 16.3. The number of rotatable bonds is 3. The lowest BCUT2D eigenvalue weighted by Gasteiger charge is -2.42. The quantitative estimate of drug-likeness (QED) is 0.741. The monoisotopic (exact) mass is 205 g/mol. The molecule has 0 saturated carbocycles. The Morgan fingerprint density at radius 2 is 1.47 bits per heavy atom. The van der Waals surface area contributed by atoms with Crippen molar-refractivity contribution in [1.82, 2.24) is 0 Å². The fourth-order valence-electron chi connectivity index (χ4n) is 1.70. The first-order valence-electron chi connectivity index (χ1n) is 5.59. The van der Waals surface area contributed by atoms with Gasteiger partial charge >= 0.3 is 0 Å². The third-order valence-corrected chi connectivity index (χ3v) is 4.15. The molecule has 0 aromatic heterocycles. The molecule has 0 N–H and O–H groups in total. The summed E-state index contributed by atoms with van der Waals surface area (Å²) in [6.07, 6.45) is 1.12. The fraction of sp³-hybridized carbons (Fsp3) is 0.571. The lowest BCUT2D eigenvalue weighted by Crippen LogP contribution is -2.35. The van der Waals surface area contributed by atoms with Gasteiger partial charge in [-0.3, -0.25) is 0 Å². The summed E-state index contributed by atoms with van der Waals surface area (Å²) in [6, 6.07) is 7.23. The van der Waals surface area contributed by atoms with Gasteiger partial charge in [-0.15, -0.1) is 5.75 Å². The van der Waals surface area contributed by atoms with Gasteiger partial charge in [0, 0.05) is 0 Å². The average molecular weight is 205 g/mol. The van der Waals surface area contributed by atoms with Crippen LogP contribution in [0.3, 0.4) is 0 Å². The van der Waals surface area contributed by atoms with E-state index in [1.54, 1.807) is 12.1 Å². The van der Waals surface area contributed by atoms with E-state index in [1.807, 2.05) is 12.1 Å². The van der Waals surface area contributed by atoms with Crippen LogP contribution in [0.2, 0.25) is 0 Å². The minimum atomic E-state index is 0.0869. The predicted octanol–water partition coefficient (Wildman–Crippen LogP) is 3.47. The van der Waals surface area contributed by atoms with Crippen LogP contribution in [-0.2, 0) is 5.41 Å². The molecule has 0 heterocycles. The van der Waals surface area contributed by atoms with Crippen molar-refractivity contribution in [2.45, 2.75) is 46.5 Å². The zero-order chi connectivity index (χ0) is 11.7. The molecule has 1 rings (SSSR count). The van der Waals surface area contributed by atoms with Crippen molar-refractivity contribution >= 4 is 0 Å². The molecule has 1 aromatic carbocycles. The number of hydrogen-bond acceptors (Lipinski definition) is 1. The Kier molecular flexibility index (Phi) is 3.13. The van der Waals surface area contributed by atoms with Gasteiger partial charge in [0.05, 0.1) is 0 Å². The summed E-state index contributed by atoms with van der Waals surface area (Å²) < 4.78 is 0. The number of benzene rings is 1. The minimum Gasteiger partial charge on any atom is -0.872 e. The lowest BCUT2D eigenvalue weighted by atomic mass is 9.63. The Balaban J connectivity index is 3.10. The molecule has 0 bridgehead atoms. The second-order valence-corrected chi connectivity index (χ2v) is 5.39. The summed E-state index contributed by atoms with van der Waals surface area (Å²) in [5.74, 6) is 0.0869. The van der Waals surface area contributed by atoms with Gasteiger partial charge in [0.2, 0.25) is 0 Å². The SMILES string of the molecule is CCC(C)(C)C(C)(C)c1ccc([O-])cc1. The molecule has 0 saturated heterocycles. The van der Waals surface area contributed by atoms with Gasteiger partial charge in [-0.25, -0.2) is 0 Å². The van der Waals surface area contributed by atoms with E-state index in [1.165, 1.54) is 5.56 Å². The molecule has 0 aliphatic carbocycles. The van der Waals surface area contributed by atoms with Crippen LogP contribution in [0, 0.1) is 5.41 Å². The third-order valence-electron chi connectivity index (χ3n) is 4.15. The van der Waals surface area contributed by atoms with Crippen LogP contribution in [0.15, 0.2) is 24.3 Å². The predicted molar refractivity (Wildman–Crippen MR) is 63.0 cm³/mol. The Labute approximate surface area is 93.1 Å².